The lowest BCUT2D eigenvalue weighted by Crippen LogP contribution is -2.05. The number of alkyl halides is 3. The molecule has 0 saturated heterocycles. The monoisotopic (exact) mass is 574 g/mol. The van der Waals surface area contributed by atoms with Crippen molar-refractivity contribution < 1.29 is 13.2 Å². The molecule has 0 spiro atoms. The van der Waals surface area contributed by atoms with Gasteiger partial charge in [-0.2, -0.15) is 13.2 Å². The number of hydrogen-bond acceptors (Lipinski definition) is 4. The Morgan fingerprint density at radius 2 is 1.43 bits per heavy atom. The second kappa shape index (κ2) is 17.6. The summed E-state index contributed by atoms with van der Waals surface area (Å²) in [5.41, 5.74) is 2.52. The number of aromatic nitrogens is 4. The fraction of sp³-hybridized carbons (Fsp3) is 0.469. The Morgan fingerprint density at radius 3 is 1.93 bits per heavy atom. The van der Waals surface area contributed by atoms with Gasteiger partial charge in [-0.3, -0.25) is 0 Å². The minimum atomic E-state index is -4.23. The van der Waals surface area contributed by atoms with Gasteiger partial charge in [0.1, 0.15) is 6.33 Å². The first-order chi connectivity index (χ1) is 18.4. The Balaban J connectivity index is 0.000000302. The highest BCUT2D eigenvalue weighted by atomic mass is 32.1. The topological polar surface area (TPSA) is 43.6 Å². The fourth-order valence-electron chi connectivity index (χ4n) is 3.81. The van der Waals surface area contributed by atoms with Crippen molar-refractivity contribution in [2.45, 2.75) is 80.8 Å². The minimum Gasteiger partial charge on any atom is -0.201 e. The molecule has 2 aromatic carbocycles. The molecule has 0 saturated carbocycles. The van der Waals surface area contributed by atoms with Gasteiger partial charge >= 0.3 is 6.18 Å². The SMILES string of the molecule is C.CC(C)CCc1cccs1.CC(C)Cc1cccc(-n2cnnn2)c1.CC(C)Cc1cccc(C(F)(F)F)c1. The fourth-order valence-corrected chi connectivity index (χ4v) is 4.53. The van der Waals surface area contributed by atoms with Gasteiger partial charge in [0.2, 0.25) is 0 Å². The van der Waals surface area contributed by atoms with E-state index in [1.54, 1.807) is 17.1 Å². The van der Waals surface area contributed by atoms with Gasteiger partial charge in [-0.25, -0.2) is 4.68 Å². The summed E-state index contributed by atoms with van der Waals surface area (Å²) in [6.07, 6.45) is 1.72. The van der Waals surface area contributed by atoms with E-state index in [1.807, 2.05) is 37.3 Å². The van der Waals surface area contributed by atoms with Gasteiger partial charge in [-0.15, -0.1) is 16.4 Å². The van der Waals surface area contributed by atoms with Crippen LogP contribution in [0.25, 0.3) is 5.69 Å². The van der Waals surface area contributed by atoms with Gasteiger partial charge in [0.15, 0.2) is 0 Å². The van der Waals surface area contributed by atoms with Gasteiger partial charge in [-0.1, -0.05) is 85.4 Å². The van der Waals surface area contributed by atoms with E-state index in [9.17, 15) is 13.2 Å². The molecule has 40 heavy (non-hydrogen) atoms. The van der Waals surface area contributed by atoms with Crippen molar-refractivity contribution >= 4 is 11.3 Å². The number of hydrogen-bond donors (Lipinski definition) is 0. The first kappa shape index (κ1) is 35.0. The highest BCUT2D eigenvalue weighted by Crippen LogP contribution is 2.30. The normalized spacial score (nSPS) is 11.0. The second-order valence-corrected chi connectivity index (χ2v) is 11.9. The summed E-state index contributed by atoms with van der Waals surface area (Å²) in [6.45, 7) is 12.9. The summed E-state index contributed by atoms with van der Waals surface area (Å²) >= 11 is 1.86. The molecule has 0 aliphatic carbocycles. The summed E-state index contributed by atoms with van der Waals surface area (Å²) in [5, 5.41) is 13.3. The molecule has 0 aliphatic heterocycles. The van der Waals surface area contributed by atoms with Crippen LogP contribution in [0.1, 0.15) is 77.0 Å². The molecule has 0 bridgehead atoms. The molecule has 4 aromatic rings. The van der Waals surface area contributed by atoms with Crippen LogP contribution in [0.4, 0.5) is 13.2 Å². The number of halogens is 3. The zero-order valence-electron chi connectivity index (χ0n) is 23.8. The van der Waals surface area contributed by atoms with Crippen molar-refractivity contribution in [3.63, 3.8) is 0 Å². The predicted molar refractivity (Wildman–Crippen MR) is 162 cm³/mol. The van der Waals surface area contributed by atoms with E-state index >= 15 is 0 Å². The number of aryl methyl sites for hydroxylation is 1. The van der Waals surface area contributed by atoms with Crippen LogP contribution >= 0.6 is 11.3 Å². The minimum absolute atomic E-state index is 0. The number of thiophene rings is 1. The van der Waals surface area contributed by atoms with Crippen molar-refractivity contribution in [3.05, 3.63) is 93.9 Å². The number of tetrazole rings is 1. The zero-order valence-corrected chi connectivity index (χ0v) is 24.6. The quantitative estimate of drug-likeness (QED) is 0.210. The Kier molecular flexibility index (Phi) is 15.4. The summed E-state index contributed by atoms with van der Waals surface area (Å²) in [4.78, 5) is 1.52. The molecule has 4 rings (SSSR count). The maximum absolute atomic E-state index is 12.3. The lowest BCUT2D eigenvalue weighted by Gasteiger charge is -2.09. The summed E-state index contributed by atoms with van der Waals surface area (Å²) in [6, 6.07) is 18.1. The smallest absolute Gasteiger partial charge is 0.201 e. The largest absolute Gasteiger partial charge is 0.416 e. The Bertz CT molecular complexity index is 1190. The molecule has 220 valence electrons. The van der Waals surface area contributed by atoms with Gasteiger partial charge < -0.3 is 0 Å². The average molecular weight is 575 g/mol. The van der Waals surface area contributed by atoms with Crippen molar-refractivity contribution in [1.29, 1.82) is 0 Å². The lowest BCUT2D eigenvalue weighted by molar-refractivity contribution is -0.137. The maximum Gasteiger partial charge on any atom is 0.416 e. The molecule has 0 aliphatic rings. The van der Waals surface area contributed by atoms with E-state index < -0.39 is 11.7 Å². The molecular formula is C32H45F3N4S. The van der Waals surface area contributed by atoms with Gasteiger partial charge in [-0.05, 0) is 94.6 Å². The van der Waals surface area contributed by atoms with Crippen LogP contribution in [0.15, 0.2) is 72.4 Å². The number of benzene rings is 2. The third-order valence-corrected chi connectivity index (χ3v) is 6.55. The van der Waals surface area contributed by atoms with Crippen LogP contribution in [-0.4, -0.2) is 20.2 Å². The van der Waals surface area contributed by atoms with Crippen molar-refractivity contribution in [2.75, 3.05) is 0 Å². The van der Waals surface area contributed by atoms with Crippen LogP contribution in [0.2, 0.25) is 0 Å². The Morgan fingerprint density at radius 1 is 0.800 bits per heavy atom. The summed E-state index contributed by atoms with van der Waals surface area (Å²) < 4.78 is 38.6. The first-order valence-electron chi connectivity index (χ1n) is 13.4. The van der Waals surface area contributed by atoms with Crippen molar-refractivity contribution in [1.82, 2.24) is 20.2 Å². The Hall–Kier alpha value is -3.00. The highest BCUT2D eigenvalue weighted by Gasteiger charge is 2.30. The first-order valence-corrected chi connectivity index (χ1v) is 14.3. The molecule has 2 aromatic heterocycles. The van der Waals surface area contributed by atoms with Crippen molar-refractivity contribution in [2.24, 2.45) is 17.8 Å². The van der Waals surface area contributed by atoms with E-state index in [4.69, 9.17) is 0 Å². The third kappa shape index (κ3) is 13.9. The standard InChI is InChI=1S/C11H13F3.C11H14N4.C9H14S.CH4/c1-8(2)6-9-4-3-5-10(7-9)11(12,13)14;1-9(2)6-10-4-3-5-11(7-10)15-8-12-13-14-15;1-8(2)5-6-9-4-3-7-10-9;/h3-5,7-8H,6H2,1-2H3;3-5,7-9H,6H2,1-2H3;3-4,7-8H,5-6H2,1-2H3;1H4. The third-order valence-electron chi connectivity index (χ3n) is 5.61. The van der Waals surface area contributed by atoms with E-state index in [-0.39, 0.29) is 7.43 Å². The summed E-state index contributed by atoms with van der Waals surface area (Å²) in [7, 11) is 0. The number of rotatable bonds is 8. The lowest BCUT2D eigenvalue weighted by atomic mass is 10.0. The predicted octanol–water partition coefficient (Wildman–Crippen LogP) is 9.74. The van der Waals surface area contributed by atoms with E-state index in [0.29, 0.717) is 18.3 Å². The zero-order chi connectivity index (χ0) is 28.8. The van der Waals surface area contributed by atoms with Crippen LogP contribution in [0.5, 0.6) is 0 Å². The molecule has 8 heteroatoms. The Labute approximate surface area is 242 Å². The highest BCUT2D eigenvalue weighted by molar-refractivity contribution is 7.09. The van der Waals surface area contributed by atoms with E-state index in [2.05, 4.69) is 72.9 Å². The molecule has 0 atom stereocenters. The van der Waals surface area contributed by atoms with Crippen LogP contribution in [-0.2, 0) is 25.4 Å². The molecule has 0 amide bonds. The van der Waals surface area contributed by atoms with Crippen LogP contribution in [0, 0.1) is 17.8 Å². The van der Waals surface area contributed by atoms with E-state index in [0.717, 1.165) is 29.7 Å². The molecule has 0 N–H and O–H groups in total. The second-order valence-electron chi connectivity index (χ2n) is 10.8. The molecule has 2 heterocycles. The molecular weight excluding hydrogens is 529 g/mol. The average Bonchev–Trinajstić information content (AvgIpc) is 3.57. The maximum atomic E-state index is 12.3. The number of nitrogens with zero attached hydrogens (tertiary/aromatic N) is 4. The molecule has 0 fully saturated rings. The molecule has 0 unspecified atom stereocenters. The van der Waals surface area contributed by atoms with Crippen LogP contribution < -0.4 is 0 Å². The van der Waals surface area contributed by atoms with E-state index in [1.165, 1.54) is 35.4 Å². The summed E-state index contributed by atoms with van der Waals surface area (Å²) in [5.74, 6) is 1.87. The molecule has 4 nitrogen and oxygen atoms in total. The van der Waals surface area contributed by atoms with Crippen LogP contribution in [0.3, 0.4) is 0 Å². The van der Waals surface area contributed by atoms with Gasteiger partial charge in [0, 0.05) is 4.88 Å². The van der Waals surface area contributed by atoms with Gasteiger partial charge in [0.05, 0.1) is 11.3 Å². The van der Waals surface area contributed by atoms with Gasteiger partial charge in [0.25, 0.3) is 0 Å². The van der Waals surface area contributed by atoms with Crippen molar-refractivity contribution in [3.8, 4) is 5.69 Å². The molecule has 0 radical (unpaired) electrons.